The molecule has 0 radical (unpaired) electrons. The molecule has 0 aliphatic heterocycles. The number of hydrogen-bond donors (Lipinski definition) is 2. The van der Waals surface area contributed by atoms with Crippen molar-refractivity contribution in [3.05, 3.63) is 46.7 Å². The molecule has 2 rings (SSSR count). The Kier molecular flexibility index (Phi) is 8.38. The van der Waals surface area contributed by atoms with Gasteiger partial charge in [0.15, 0.2) is 5.96 Å². The number of aryl methyl sites for hydroxylation is 2. The Labute approximate surface area is 172 Å². The summed E-state index contributed by atoms with van der Waals surface area (Å²) in [6, 6.07) is 3.84. The van der Waals surface area contributed by atoms with Crippen molar-refractivity contribution in [3.63, 3.8) is 0 Å². The van der Waals surface area contributed by atoms with Crippen LogP contribution in [-0.4, -0.2) is 25.1 Å². The molecule has 1 aromatic carbocycles. The van der Waals surface area contributed by atoms with E-state index in [1.807, 2.05) is 6.92 Å². The lowest BCUT2D eigenvalue weighted by atomic mass is 10.1. The smallest absolute Gasteiger partial charge is 0.416 e. The SMILES string of the molecule is CN=C(NCc1nc(C)c(C)o1)NCc1ccc(OC)cc1C(F)(F)F.I. The maximum Gasteiger partial charge on any atom is 0.416 e. The van der Waals surface area contributed by atoms with E-state index in [-0.39, 0.29) is 48.4 Å². The maximum absolute atomic E-state index is 13.2. The van der Waals surface area contributed by atoms with Crippen LogP contribution >= 0.6 is 24.0 Å². The largest absolute Gasteiger partial charge is 0.497 e. The molecule has 0 atom stereocenters. The number of aromatic nitrogens is 1. The first-order valence-electron chi connectivity index (χ1n) is 7.86. The molecule has 0 saturated heterocycles. The van der Waals surface area contributed by atoms with Crippen LogP contribution in [-0.2, 0) is 19.3 Å². The van der Waals surface area contributed by atoms with E-state index in [2.05, 4.69) is 20.6 Å². The van der Waals surface area contributed by atoms with Gasteiger partial charge in [-0.15, -0.1) is 24.0 Å². The van der Waals surface area contributed by atoms with Gasteiger partial charge in [-0.05, 0) is 31.5 Å². The van der Waals surface area contributed by atoms with E-state index in [0.717, 1.165) is 17.5 Å². The van der Waals surface area contributed by atoms with Crippen molar-refractivity contribution in [2.75, 3.05) is 14.2 Å². The minimum absolute atomic E-state index is 0. The molecular weight excluding hydrogens is 476 g/mol. The molecule has 1 heterocycles. The topological polar surface area (TPSA) is 71.7 Å². The van der Waals surface area contributed by atoms with Gasteiger partial charge < -0.3 is 19.8 Å². The van der Waals surface area contributed by atoms with Gasteiger partial charge in [0.2, 0.25) is 5.89 Å². The number of alkyl halides is 3. The summed E-state index contributed by atoms with van der Waals surface area (Å²) >= 11 is 0. The molecule has 0 saturated carbocycles. The first-order chi connectivity index (χ1) is 12.2. The van der Waals surface area contributed by atoms with Gasteiger partial charge in [0, 0.05) is 13.6 Å². The van der Waals surface area contributed by atoms with Crippen LogP contribution in [0.5, 0.6) is 5.75 Å². The zero-order valence-corrected chi connectivity index (χ0v) is 17.7. The second kappa shape index (κ2) is 9.81. The average molecular weight is 498 g/mol. The fourth-order valence-electron chi connectivity index (χ4n) is 2.27. The predicted molar refractivity (Wildman–Crippen MR) is 106 cm³/mol. The van der Waals surface area contributed by atoms with Gasteiger partial charge in [-0.2, -0.15) is 13.2 Å². The summed E-state index contributed by atoms with van der Waals surface area (Å²) in [6.07, 6.45) is -4.48. The van der Waals surface area contributed by atoms with Crippen molar-refractivity contribution < 1.29 is 22.3 Å². The molecule has 0 unspecified atom stereocenters. The second-order valence-corrected chi connectivity index (χ2v) is 5.55. The number of nitrogens with one attached hydrogen (secondary N) is 2. The third kappa shape index (κ3) is 6.29. The third-order valence-electron chi connectivity index (χ3n) is 3.77. The molecule has 0 aliphatic rings. The number of benzene rings is 1. The molecule has 1 aromatic heterocycles. The van der Waals surface area contributed by atoms with E-state index in [4.69, 9.17) is 9.15 Å². The molecule has 0 spiro atoms. The number of rotatable bonds is 5. The number of halogens is 4. The monoisotopic (exact) mass is 498 g/mol. The molecule has 27 heavy (non-hydrogen) atoms. The number of hydrogen-bond acceptors (Lipinski definition) is 4. The van der Waals surface area contributed by atoms with Crippen molar-refractivity contribution in [2.45, 2.75) is 33.1 Å². The van der Waals surface area contributed by atoms with Crippen molar-refractivity contribution in [1.29, 1.82) is 0 Å². The van der Waals surface area contributed by atoms with Crippen LogP contribution in [0.2, 0.25) is 0 Å². The van der Waals surface area contributed by atoms with E-state index in [1.54, 1.807) is 6.92 Å². The van der Waals surface area contributed by atoms with E-state index < -0.39 is 11.7 Å². The van der Waals surface area contributed by atoms with Crippen LogP contribution < -0.4 is 15.4 Å². The maximum atomic E-state index is 13.2. The van der Waals surface area contributed by atoms with Crippen molar-refractivity contribution in [3.8, 4) is 5.75 Å². The lowest BCUT2D eigenvalue weighted by Gasteiger charge is -2.16. The third-order valence-corrected chi connectivity index (χ3v) is 3.77. The molecular formula is C17H22F3IN4O2. The number of aliphatic imine (C=N–C) groups is 1. The van der Waals surface area contributed by atoms with Crippen LogP contribution in [0.25, 0.3) is 0 Å². The predicted octanol–water partition coefficient (Wildman–Crippen LogP) is 3.80. The first kappa shape index (κ1) is 23.1. The normalized spacial score (nSPS) is 11.7. The highest BCUT2D eigenvalue weighted by Gasteiger charge is 2.33. The fourth-order valence-corrected chi connectivity index (χ4v) is 2.27. The molecule has 2 aromatic rings. The van der Waals surface area contributed by atoms with Crippen molar-refractivity contribution in [2.24, 2.45) is 4.99 Å². The standard InChI is InChI=1S/C17H21F3N4O2.HI/c1-10-11(2)26-15(24-10)9-23-16(21-3)22-8-12-5-6-13(25-4)7-14(12)17(18,19)20;/h5-7H,8-9H2,1-4H3,(H2,21,22,23);1H. The highest BCUT2D eigenvalue weighted by atomic mass is 127. The zero-order valence-electron chi connectivity index (χ0n) is 15.4. The lowest BCUT2D eigenvalue weighted by Crippen LogP contribution is -2.36. The highest BCUT2D eigenvalue weighted by molar-refractivity contribution is 14.0. The number of guanidine groups is 1. The van der Waals surface area contributed by atoms with Crippen LogP contribution in [0.1, 0.15) is 28.5 Å². The minimum atomic E-state index is -4.48. The molecule has 0 amide bonds. The van der Waals surface area contributed by atoms with Gasteiger partial charge >= 0.3 is 6.18 Å². The number of methoxy groups -OCH3 is 1. The Morgan fingerprint density at radius 1 is 1.22 bits per heavy atom. The fraction of sp³-hybridized carbons (Fsp3) is 0.412. The number of ether oxygens (including phenoxy) is 1. The second-order valence-electron chi connectivity index (χ2n) is 5.55. The Hall–Kier alpha value is -1.98. The molecule has 150 valence electrons. The number of oxazole rings is 1. The van der Waals surface area contributed by atoms with Crippen LogP contribution in [0, 0.1) is 13.8 Å². The molecule has 0 aliphatic carbocycles. The summed E-state index contributed by atoms with van der Waals surface area (Å²) in [5, 5.41) is 5.81. The van der Waals surface area contributed by atoms with Crippen LogP contribution in [0.15, 0.2) is 27.6 Å². The summed E-state index contributed by atoms with van der Waals surface area (Å²) in [4.78, 5) is 8.22. The van der Waals surface area contributed by atoms with Crippen molar-refractivity contribution >= 4 is 29.9 Å². The molecule has 2 N–H and O–H groups in total. The Balaban J connectivity index is 0.00000364. The summed E-state index contributed by atoms with van der Waals surface area (Å²) in [7, 11) is 2.85. The van der Waals surface area contributed by atoms with E-state index >= 15 is 0 Å². The average Bonchev–Trinajstić information content (AvgIpc) is 2.92. The van der Waals surface area contributed by atoms with Crippen LogP contribution in [0.4, 0.5) is 13.2 Å². The highest BCUT2D eigenvalue weighted by Crippen LogP contribution is 2.34. The van der Waals surface area contributed by atoms with E-state index in [1.165, 1.54) is 26.3 Å². The lowest BCUT2D eigenvalue weighted by molar-refractivity contribution is -0.138. The number of nitrogens with zero attached hydrogens (tertiary/aromatic N) is 2. The van der Waals surface area contributed by atoms with Gasteiger partial charge in [-0.1, -0.05) is 6.07 Å². The molecule has 10 heteroatoms. The minimum Gasteiger partial charge on any atom is -0.497 e. The zero-order chi connectivity index (χ0) is 19.3. The van der Waals surface area contributed by atoms with Crippen molar-refractivity contribution in [1.82, 2.24) is 15.6 Å². The molecule has 6 nitrogen and oxygen atoms in total. The Morgan fingerprint density at radius 2 is 1.89 bits per heavy atom. The van der Waals surface area contributed by atoms with E-state index in [0.29, 0.717) is 11.9 Å². The summed E-state index contributed by atoms with van der Waals surface area (Å²) in [5.74, 6) is 1.68. The summed E-state index contributed by atoms with van der Waals surface area (Å²) < 4.78 is 50.0. The quantitative estimate of drug-likeness (QED) is 0.373. The molecule has 0 bridgehead atoms. The van der Waals surface area contributed by atoms with Crippen LogP contribution in [0.3, 0.4) is 0 Å². The van der Waals surface area contributed by atoms with Gasteiger partial charge in [-0.3, -0.25) is 4.99 Å². The van der Waals surface area contributed by atoms with Gasteiger partial charge in [0.25, 0.3) is 0 Å². The van der Waals surface area contributed by atoms with E-state index in [9.17, 15) is 13.2 Å². The first-order valence-corrected chi connectivity index (χ1v) is 7.86. The van der Waals surface area contributed by atoms with Gasteiger partial charge in [0.1, 0.15) is 11.5 Å². The van der Waals surface area contributed by atoms with Gasteiger partial charge in [0.05, 0.1) is 24.9 Å². The Morgan fingerprint density at radius 3 is 2.41 bits per heavy atom. The van der Waals surface area contributed by atoms with Gasteiger partial charge in [-0.25, -0.2) is 4.98 Å². The summed E-state index contributed by atoms with van der Waals surface area (Å²) in [5.41, 5.74) is 0.126. The Bertz CT molecular complexity index is 771. The molecule has 0 fully saturated rings. The summed E-state index contributed by atoms with van der Waals surface area (Å²) in [6.45, 7) is 3.85.